The van der Waals surface area contributed by atoms with Gasteiger partial charge in [0, 0.05) is 6.54 Å². The molecule has 0 radical (unpaired) electrons. The maximum Gasteiger partial charge on any atom is 0.242 e. The summed E-state index contributed by atoms with van der Waals surface area (Å²) in [5.41, 5.74) is 7.17. The van der Waals surface area contributed by atoms with Crippen molar-refractivity contribution in [2.24, 2.45) is 0 Å². The van der Waals surface area contributed by atoms with Crippen LogP contribution in [0.4, 0.5) is 5.69 Å². The molecule has 1 aromatic carbocycles. The van der Waals surface area contributed by atoms with Crippen LogP contribution < -0.4 is 10.5 Å². The Hall–Kier alpha value is -1.15. The van der Waals surface area contributed by atoms with Crippen molar-refractivity contribution >= 4 is 15.7 Å². The third kappa shape index (κ3) is 3.20. The van der Waals surface area contributed by atoms with Crippen LogP contribution in [0.1, 0.15) is 11.1 Å². The lowest BCUT2D eigenvalue weighted by Crippen LogP contribution is -2.34. The average Bonchev–Trinajstić information content (AvgIpc) is 2.31. The first-order chi connectivity index (χ1) is 8.29. The normalized spacial score (nSPS) is 13.6. The molecule has 1 atom stereocenters. The van der Waals surface area contributed by atoms with Crippen molar-refractivity contribution < 1.29 is 18.6 Å². The van der Waals surface area contributed by atoms with E-state index in [1.807, 2.05) is 0 Å². The Kier molecular flexibility index (Phi) is 4.69. The quantitative estimate of drug-likeness (QED) is 0.542. The van der Waals surface area contributed by atoms with Gasteiger partial charge in [-0.3, -0.25) is 0 Å². The Morgan fingerprint density at radius 1 is 1.33 bits per heavy atom. The summed E-state index contributed by atoms with van der Waals surface area (Å²) in [5, 5.41) is 17.8. The largest absolute Gasteiger partial charge is 0.397 e. The second kappa shape index (κ2) is 5.66. The van der Waals surface area contributed by atoms with Crippen LogP contribution in [0, 0.1) is 13.8 Å². The van der Waals surface area contributed by atoms with Crippen molar-refractivity contribution in [2.75, 3.05) is 18.9 Å². The fourth-order valence-electron chi connectivity index (χ4n) is 1.51. The van der Waals surface area contributed by atoms with E-state index in [0.717, 1.165) is 0 Å². The van der Waals surface area contributed by atoms with E-state index in [1.54, 1.807) is 26.0 Å². The van der Waals surface area contributed by atoms with Gasteiger partial charge in [-0.25, -0.2) is 13.1 Å². The van der Waals surface area contributed by atoms with Crippen molar-refractivity contribution in [3.05, 3.63) is 23.3 Å². The number of sulfonamides is 1. The number of nitrogen functional groups attached to an aromatic ring is 1. The number of hydrogen-bond donors (Lipinski definition) is 4. The van der Waals surface area contributed by atoms with E-state index in [9.17, 15) is 8.42 Å². The fourth-order valence-corrected chi connectivity index (χ4v) is 3.00. The smallest absolute Gasteiger partial charge is 0.242 e. The van der Waals surface area contributed by atoms with Gasteiger partial charge in [-0.2, -0.15) is 0 Å². The van der Waals surface area contributed by atoms with E-state index in [1.165, 1.54) is 0 Å². The Bertz CT molecular complexity index is 528. The third-order valence-electron chi connectivity index (χ3n) is 2.60. The summed E-state index contributed by atoms with van der Waals surface area (Å²) in [6.07, 6.45) is -1.13. The van der Waals surface area contributed by atoms with Gasteiger partial charge >= 0.3 is 0 Å². The van der Waals surface area contributed by atoms with Crippen molar-refractivity contribution in [1.82, 2.24) is 4.72 Å². The zero-order valence-electron chi connectivity index (χ0n) is 10.3. The van der Waals surface area contributed by atoms with Crippen LogP contribution in [-0.2, 0) is 10.0 Å². The van der Waals surface area contributed by atoms with E-state index in [2.05, 4.69) is 4.72 Å². The van der Waals surface area contributed by atoms with Crippen molar-refractivity contribution in [1.29, 1.82) is 0 Å². The topological polar surface area (TPSA) is 113 Å². The van der Waals surface area contributed by atoms with Gasteiger partial charge in [0.15, 0.2) is 0 Å². The number of anilines is 1. The number of aliphatic hydroxyl groups is 2. The Morgan fingerprint density at radius 3 is 2.44 bits per heavy atom. The van der Waals surface area contributed by atoms with E-state index in [4.69, 9.17) is 15.9 Å². The predicted molar refractivity (Wildman–Crippen MR) is 68.6 cm³/mol. The molecule has 18 heavy (non-hydrogen) atoms. The van der Waals surface area contributed by atoms with Gasteiger partial charge in [0.05, 0.1) is 18.4 Å². The lowest BCUT2D eigenvalue weighted by Gasteiger charge is -2.14. The van der Waals surface area contributed by atoms with E-state index >= 15 is 0 Å². The molecule has 0 bridgehead atoms. The minimum Gasteiger partial charge on any atom is -0.397 e. The van der Waals surface area contributed by atoms with E-state index in [-0.39, 0.29) is 17.1 Å². The monoisotopic (exact) mass is 274 g/mol. The zero-order chi connectivity index (χ0) is 13.9. The third-order valence-corrected chi connectivity index (χ3v) is 4.23. The molecule has 7 heteroatoms. The fraction of sp³-hybridized carbons (Fsp3) is 0.455. The zero-order valence-corrected chi connectivity index (χ0v) is 11.2. The average molecular weight is 274 g/mol. The van der Waals surface area contributed by atoms with Gasteiger partial charge in [-0.1, -0.05) is 12.1 Å². The number of aliphatic hydroxyl groups excluding tert-OH is 2. The molecule has 0 aromatic heterocycles. The van der Waals surface area contributed by atoms with Gasteiger partial charge < -0.3 is 15.9 Å². The van der Waals surface area contributed by atoms with Gasteiger partial charge in [0.2, 0.25) is 10.0 Å². The highest BCUT2D eigenvalue weighted by atomic mass is 32.2. The Labute approximate surface area is 106 Å². The lowest BCUT2D eigenvalue weighted by molar-refractivity contribution is 0.0988. The summed E-state index contributed by atoms with van der Waals surface area (Å²) < 4.78 is 26.3. The molecule has 0 saturated carbocycles. The summed E-state index contributed by atoms with van der Waals surface area (Å²) in [7, 11) is -3.80. The first-order valence-corrected chi connectivity index (χ1v) is 6.92. The second-order valence-electron chi connectivity index (χ2n) is 4.13. The molecule has 0 fully saturated rings. The molecule has 0 aliphatic carbocycles. The second-order valence-corrected chi connectivity index (χ2v) is 5.83. The number of rotatable bonds is 5. The highest BCUT2D eigenvalue weighted by molar-refractivity contribution is 7.89. The predicted octanol–water partition coefficient (Wildman–Crippen LogP) is -0.483. The standard InChI is InChI=1S/C11H18N2O4S/c1-7-3-4-8(2)11(10(7)12)18(16,17)13-5-9(15)6-14/h3-4,9,13-15H,5-6,12H2,1-2H3. The summed E-state index contributed by atoms with van der Waals surface area (Å²) in [6, 6.07) is 3.41. The highest BCUT2D eigenvalue weighted by Gasteiger charge is 2.21. The SMILES string of the molecule is Cc1ccc(C)c(S(=O)(=O)NCC(O)CO)c1N. The summed E-state index contributed by atoms with van der Waals surface area (Å²) in [4.78, 5) is 0.0210. The summed E-state index contributed by atoms with van der Waals surface area (Å²) >= 11 is 0. The van der Waals surface area contributed by atoms with Crippen molar-refractivity contribution in [3.63, 3.8) is 0 Å². The van der Waals surface area contributed by atoms with Gasteiger partial charge in [-0.05, 0) is 25.0 Å². The molecular formula is C11H18N2O4S. The number of nitrogens with one attached hydrogen (secondary N) is 1. The van der Waals surface area contributed by atoms with Gasteiger partial charge in [0.1, 0.15) is 4.90 Å². The Balaban J connectivity index is 3.09. The molecule has 1 rings (SSSR count). The van der Waals surface area contributed by atoms with Gasteiger partial charge in [0.25, 0.3) is 0 Å². The van der Waals surface area contributed by atoms with Crippen LogP contribution in [0.25, 0.3) is 0 Å². The molecule has 0 aliphatic heterocycles. The molecule has 0 saturated heterocycles. The van der Waals surface area contributed by atoms with Crippen LogP contribution in [-0.4, -0.2) is 37.9 Å². The molecule has 0 spiro atoms. The molecular weight excluding hydrogens is 256 g/mol. The first-order valence-electron chi connectivity index (χ1n) is 5.44. The molecule has 102 valence electrons. The minimum absolute atomic E-state index is 0.0210. The van der Waals surface area contributed by atoms with Crippen molar-refractivity contribution in [3.8, 4) is 0 Å². The van der Waals surface area contributed by atoms with Crippen LogP contribution in [0.3, 0.4) is 0 Å². The first kappa shape index (κ1) is 14.9. The molecule has 0 amide bonds. The van der Waals surface area contributed by atoms with Crippen LogP contribution in [0.5, 0.6) is 0 Å². The van der Waals surface area contributed by atoms with Crippen LogP contribution in [0.15, 0.2) is 17.0 Å². The van der Waals surface area contributed by atoms with Gasteiger partial charge in [-0.15, -0.1) is 0 Å². The molecule has 0 heterocycles. The molecule has 0 aliphatic rings. The number of benzene rings is 1. The molecule has 1 aromatic rings. The summed E-state index contributed by atoms with van der Waals surface area (Å²) in [6.45, 7) is 2.60. The number of aryl methyl sites for hydroxylation is 2. The van der Waals surface area contributed by atoms with E-state index in [0.29, 0.717) is 11.1 Å². The van der Waals surface area contributed by atoms with E-state index < -0.39 is 22.7 Å². The minimum atomic E-state index is -3.80. The maximum atomic E-state index is 12.1. The number of nitrogens with two attached hydrogens (primary N) is 1. The Morgan fingerprint density at radius 2 is 1.89 bits per heavy atom. The van der Waals surface area contributed by atoms with Crippen LogP contribution >= 0.6 is 0 Å². The highest BCUT2D eigenvalue weighted by Crippen LogP contribution is 2.25. The molecule has 1 unspecified atom stereocenters. The van der Waals surface area contributed by atoms with Crippen molar-refractivity contribution in [2.45, 2.75) is 24.8 Å². The summed E-state index contributed by atoms with van der Waals surface area (Å²) in [5.74, 6) is 0. The maximum absolute atomic E-state index is 12.1. The molecule has 6 nitrogen and oxygen atoms in total. The number of hydrogen-bond acceptors (Lipinski definition) is 5. The molecule has 5 N–H and O–H groups in total. The lowest BCUT2D eigenvalue weighted by atomic mass is 10.1. The van der Waals surface area contributed by atoms with Crippen LogP contribution in [0.2, 0.25) is 0 Å².